The van der Waals surface area contributed by atoms with Gasteiger partial charge in [-0.25, -0.2) is 0 Å². The molecule has 3 rings (SSSR count). The number of rotatable bonds is 5. The minimum atomic E-state index is -0.0516. The molecule has 1 aliphatic rings. The van der Waals surface area contributed by atoms with Crippen LogP contribution in [0.1, 0.15) is 19.3 Å². The zero-order valence-electron chi connectivity index (χ0n) is 13.3. The lowest BCUT2D eigenvalue weighted by Crippen LogP contribution is -2.27. The summed E-state index contributed by atoms with van der Waals surface area (Å²) in [4.78, 5) is 23.7. The van der Waals surface area contributed by atoms with Crippen molar-refractivity contribution in [2.75, 3.05) is 18.9 Å². The number of amides is 2. The molecule has 0 spiro atoms. The number of carbonyl (C=O) groups is 2. The highest BCUT2D eigenvalue weighted by molar-refractivity contribution is 5.94. The maximum atomic E-state index is 12.1. The Balaban J connectivity index is 1.72. The third kappa shape index (κ3) is 3.71. The van der Waals surface area contributed by atoms with Crippen LogP contribution in [-0.4, -0.2) is 36.0 Å². The van der Waals surface area contributed by atoms with E-state index in [4.69, 9.17) is 0 Å². The number of aromatic nitrogens is 1. The molecule has 122 valence electrons. The highest BCUT2D eigenvalue weighted by Crippen LogP contribution is 2.21. The molecule has 1 unspecified atom stereocenters. The van der Waals surface area contributed by atoms with E-state index in [9.17, 15) is 9.59 Å². The topological polar surface area (TPSA) is 75.2 Å². The van der Waals surface area contributed by atoms with Crippen LogP contribution in [0.2, 0.25) is 0 Å². The first-order chi connectivity index (χ1) is 11.2. The van der Waals surface area contributed by atoms with Crippen LogP contribution in [0.15, 0.2) is 30.5 Å². The van der Waals surface area contributed by atoms with Crippen LogP contribution >= 0.6 is 0 Å². The van der Waals surface area contributed by atoms with Crippen LogP contribution in [0.25, 0.3) is 10.9 Å². The summed E-state index contributed by atoms with van der Waals surface area (Å²) in [6.45, 7) is 1.26. The molecule has 6 nitrogen and oxygen atoms in total. The van der Waals surface area contributed by atoms with Crippen LogP contribution in [0.3, 0.4) is 0 Å². The molecule has 2 amide bonds. The summed E-state index contributed by atoms with van der Waals surface area (Å²) in [5.41, 5.74) is 1.70. The lowest BCUT2D eigenvalue weighted by atomic mass is 10.1. The summed E-state index contributed by atoms with van der Waals surface area (Å²) in [7, 11) is 1.62. The van der Waals surface area contributed by atoms with Crippen molar-refractivity contribution >= 4 is 28.4 Å². The second-order valence-electron chi connectivity index (χ2n) is 5.94. The molecule has 23 heavy (non-hydrogen) atoms. The number of nitrogens with zero attached hydrogens (tertiary/aromatic N) is 1. The van der Waals surface area contributed by atoms with Crippen LogP contribution < -0.4 is 16.0 Å². The highest BCUT2D eigenvalue weighted by Gasteiger charge is 2.17. The second kappa shape index (κ2) is 6.83. The molecular weight excluding hydrogens is 292 g/mol. The maximum Gasteiger partial charge on any atom is 0.239 e. The Morgan fingerprint density at radius 3 is 2.91 bits per heavy atom. The average Bonchev–Trinajstić information content (AvgIpc) is 3.17. The van der Waals surface area contributed by atoms with E-state index in [1.807, 2.05) is 35.0 Å². The van der Waals surface area contributed by atoms with Gasteiger partial charge in [0.2, 0.25) is 11.8 Å². The summed E-state index contributed by atoms with van der Waals surface area (Å²) in [5, 5.41) is 9.94. The summed E-state index contributed by atoms with van der Waals surface area (Å²) in [5.74, 6) is -0.0302. The fourth-order valence-corrected chi connectivity index (χ4v) is 3.00. The van der Waals surface area contributed by atoms with Gasteiger partial charge in [0, 0.05) is 31.4 Å². The van der Waals surface area contributed by atoms with Gasteiger partial charge in [0.05, 0.1) is 5.52 Å². The Bertz CT molecular complexity index is 716. The van der Waals surface area contributed by atoms with Crippen molar-refractivity contribution in [1.29, 1.82) is 0 Å². The van der Waals surface area contributed by atoms with E-state index in [-0.39, 0.29) is 24.4 Å². The van der Waals surface area contributed by atoms with Crippen LogP contribution in [-0.2, 0) is 16.1 Å². The Morgan fingerprint density at radius 1 is 1.30 bits per heavy atom. The van der Waals surface area contributed by atoms with E-state index < -0.39 is 0 Å². The third-order valence-corrected chi connectivity index (χ3v) is 4.24. The number of anilines is 1. The van der Waals surface area contributed by atoms with Crippen LogP contribution in [0, 0.1) is 0 Å². The summed E-state index contributed by atoms with van der Waals surface area (Å²) in [6, 6.07) is 8.02. The zero-order chi connectivity index (χ0) is 16.2. The lowest BCUT2D eigenvalue weighted by Gasteiger charge is -2.11. The summed E-state index contributed by atoms with van der Waals surface area (Å²) < 4.78 is 1.88. The SMILES string of the molecule is CNC(=O)Cn1ccc2ccc(NC(=O)CC3CCCN3)cc21. The van der Waals surface area contributed by atoms with E-state index in [1.54, 1.807) is 7.05 Å². The molecule has 0 bridgehead atoms. The molecule has 1 aromatic carbocycles. The van der Waals surface area contributed by atoms with Gasteiger partial charge in [-0.05, 0) is 43.0 Å². The molecule has 1 aromatic heterocycles. The van der Waals surface area contributed by atoms with Gasteiger partial charge in [0.15, 0.2) is 0 Å². The summed E-state index contributed by atoms with van der Waals surface area (Å²) >= 11 is 0. The standard InChI is InChI=1S/C17H22N4O2/c1-18-17(23)11-21-8-6-12-4-5-14(9-15(12)21)20-16(22)10-13-3-2-7-19-13/h4-6,8-9,13,19H,2-3,7,10-11H2,1H3,(H,18,23)(H,20,22). The molecule has 1 atom stereocenters. The molecular formula is C17H22N4O2. The number of hydrogen-bond donors (Lipinski definition) is 3. The molecule has 0 saturated carbocycles. The number of benzene rings is 1. The quantitative estimate of drug-likeness (QED) is 0.782. The fourth-order valence-electron chi connectivity index (χ4n) is 3.00. The van der Waals surface area contributed by atoms with E-state index in [2.05, 4.69) is 16.0 Å². The van der Waals surface area contributed by atoms with Crippen LogP contribution in [0.4, 0.5) is 5.69 Å². The molecule has 2 aromatic rings. The van der Waals surface area contributed by atoms with Crippen molar-refractivity contribution in [2.24, 2.45) is 0 Å². The van der Waals surface area contributed by atoms with E-state index in [0.717, 1.165) is 36.0 Å². The Hall–Kier alpha value is -2.34. The van der Waals surface area contributed by atoms with Gasteiger partial charge in [-0.15, -0.1) is 0 Å². The molecule has 0 aliphatic carbocycles. The van der Waals surface area contributed by atoms with Crippen LogP contribution in [0.5, 0.6) is 0 Å². The normalized spacial score (nSPS) is 17.3. The minimum absolute atomic E-state index is 0.0214. The zero-order valence-corrected chi connectivity index (χ0v) is 13.3. The fraction of sp³-hybridized carbons (Fsp3) is 0.412. The molecule has 3 N–H and O–H groups in total. The van der Waals surface area contributed by atoms with Gasteiger partial charge in [0.1, 0.15) is 6.54 Å². The average molecular weight is 314 g/mol. The predicted molar refractivity (Wildman–Crippen MR) is 90.3 cm³/mol. The van der Waals surface area contributed by atoms with Gasteiger partial charge in [-0.3, -0.25) is 9.59 Å². The second-order valence-corrected chi connectivity index (χ2v) is 5.94. The number of nitrogens with one attached hydrogen (secondary N) is 3. The largest absolute Gasteiger partial charge is 0.358 e. The molecule has 6 heteroatoms. The van der Waals surface area contributed by atoms with Crippen molar-refractivity contribution in [1.82, 2.24) is 15.2 Å². The molecule has 1 fully saturated rings. The number of likely N-dealkylation sites (N-methyl/N-ethyl adjacent to an activating group) is 1. The lowest BCUT2D eigenvalue weighted by molar-refractivity contribution is -0.121. The maximum absolute atomic E-state index is 12.1. The van der Waals surface area contributed by atoms with Gasteiger partial charge in [-0.1, -0.05) is 6.07 Å². The highest BCUT2D eigenvalue weighted by atomic mass is 16.2. The minimum Gasteiger partial charge on any atom is -0.358 e. The first-order valence-electron chi connectivity index (χ1n) is 7.98. The molecule has 0 radical (unpaired) electrons. The van der Waals surface area contributed by atoms with E-state index in [1.165, 1.54) is 0 Å². The van der Waals surface area contributed by atoms with Crippen molar-refractivity contribution in [3.63, 3.8) is 0 Å². The monoisotopic (exact) mass is 314 g/mol. The predicted octanol–water partition coefficient (Wildman–Crippen LogP) is 1.47. The Labute approximate surface area is 135 Å². The molecule has 1 saturated heterocycles. The molecule has 2 heterocycles. The van der Waals surface area contributed by atoms with E-state index in [0.29, 0.717) is 6.42 Å². The first kappa shape index (κ1) is 15.6. The Morgan fingerprint density at radius 2 is 2.17 bits per heavy atom. The van der Waals surface area contributed by atoms with Gasteiger partial charge >= 0.3 is 0 Å². The number of carbonyl (C=O) groups excluding carboxylic acids is 2. The van der Waals surface area contributed by atoms with Crippen molar-refractivity contribution < 1.29 is 9.59 Å². The van der Waals surface area contributed by atoms with Gasteiger partial charge in [-0.2, -0.15) is 0 Å². The summed E-state index contributed by atoms with van der Waals surface area (Å²) in [6.07, 6.45) is 4.57. The van der Waals surface area contributed by atoms with Gasteiger partial charge < -0.3 is 20.5 Å². The number of fused-ring (bicyclic) bond motifs is 1. The Kier molecular flexibility index (Phi) is 4.62. The van der Waals surface area contributed by atoms with Gasteiger partial charge in [0.25, 0.3) is 0 Å². The van der Waals surface area contributed by atoms with Crippen molar-refractivity contribution in [2.45, 2.75) is 31.8 Å². The van der Waals surface area contributed by atoms with Crippen molar-refractivity contribution in [3.05, 3.63) is 30.5 Å². The first-order valence-corrected chi connectivity index (χ1v) is 7.98. The van der Waals surface area contributed by atoms with E-state index >= 15 is 0 Å². The van der Waals surface area contributed by atoms with Crippen molar-refractivity contribution in [3.8, 4) is 0 Å². The molecule has 1 aliphatic heterocycles. The smallest absolute Gasteiger partial charge is 0.239 e. The number of hydrogen-bond acceptors (Lipinski definition) is 3. The third-order valence-electron chi connectivity index (χ3n) is 4.24.